The highest BCUT2D eigenvalue weighted by molar-refractivity contribution is 5.47. The molecule has 1 aliphatic heterocycles. The minimum atomic E-state index is -0.359. The predicted octanol–water partition coefficient (Wildman–Crippen LogP) is 1.49. The smallest absolute Gasteiger partial charge is 0.278 e. The molecule has 1 aliphatic rings. The van der Waals surface area contributed by atoms with E-state index in [1.807, 2.05) is 6.92 Å². The number of aryl methyl sites for hydroxylation is 1. The molecule has 1 aromatic heterocycles. The van der Waals surface area contributed by atoms with E-state index in [9.17, 15) is 10.1 Å². The highest BCUT2D eigenvalue weighted by atomic mass is 16.6. The van der Waals surface area contributed by atoms with Crippen molar-refractivity contribution in [2.75, 3.05) is 13.1 Å². The zero-order valence-corrected chi connectivity index (χ0v) is 10.8. The summed E-state index contributed by atoms with van der Waals surface area (Å²) in [4.78, 5) is 14.9. The molecule has 1 N–H and O–H groups in total. The number of hydrogen-bond acceptors (Lipinski definition) is 5. The van der Waals surface area contributed by atoms with Gasteiger partial charge in [-0.05, 0) is 20.8 Å². The van der Waals surface area contributed by atoms with Gasteiger partial charge in [0.05, 0.1) is 28.4 Å². The van der Waals surface area contributed by atoms with Crippen molar-refractivity contribution >= 4 is 5.69 Å². The minimum Gasteiger partial charge on any atom is -0.366 e. The average molecular weight is 251 g/mol. The molecule has 2 heterocycles. The number of pyridine rings is 1. The number of aromatic nitrogens is 1. The normalized spacial score (nSPS) is 17.3. The molecule has 0 radical (unpaired) electrons. The van der Waals surface area contributed by atoms with Crippen molar-refractivity contribution < 1.29 is 9.66 Å². The number of ether oxygens (including phenoxy) is 1. The molecule has 0 saturated carbocycles. The van der Waals surface area contributed by atoms with Gasteiger partial charge in [0.1, 0.15) is 0 Å². The first kappa shape index (κ1) is 12.9. The third-order valence-corrected chi connectivity index (χ3v) is 3.31. The quantitative estimate of drug-likeness (QED) is 0.648. The van der Waals surface area contributed by atoms with Crippen LogP contribution in [-0.2, 0) is 11.3 Å². The Labute approximate surface area is 106 Å². The number of rotatable bonds is 4. The molecular weight excluding hydrogens is 234 g/mol. The monoisotopic (exact) mass is 251 g/mol. The van der Waals surface area contributed by atoms with Gasteiger partial charge < -0.3 is 10.1 Å². The molecule has 6 heteroatoms. The molecule has 6 nitrogen and oxygen atoms in total. The second-order valence-electron chi connectivity index (χ2n) is 4.96. The Kier molecular flexibility index (Phi) is 3.32. The second-order valence-corrected chi connectivity index (χ2v) is 4.96. The molecule has 0 unspecified atom stereocenters. The summed E-state index contributed by atoms with van der Waals surface area (Å²) in [5.41, 5.74) is 1.78. The van der Waals surface area contributed by atoms with Gasteiger partial charge in [-0.3, -0.25) is 15.1 Å². The average Bonchev–Trinajstić information content (AvgIpc) is 2.25. The lowest BCUT2D eigenvalue weighted by Crippen LogP contribution is -2.58. The molecule has 1 aromatic rings. The predicted molar refractivity (Wildman–Crippen MR) is 66.4 cm³/mol. The fraction of sp³-hybridized carbons (Fsp3) is 0.583. The van der Waals surface area contributed by atoms with E-state index in [4.69, 9.17) is 4.74 Å². The van der Waals surface area contributed by atoms with Gasteiger partial charge in [0, 0.05) is 24.8 Å². The maximum Gasteiger partial charge on any atom is 0.278 e. The standard InChI is InChI=1S/C12H17N3O3/c1-8-4-14-10(9(2)11(8)15(16)17)5-18-12(3)6-13-7-12/h4,13H,5-7H2,1-3H3. The topological polar surface area (TPSA) is 77.3 Å². The van der Waals surface area contributed by atoms with E-state index in [1.165, 1.54) is 6.20 Å². The summed E-state index contributed by atoms with van der Waals surface area (Å²) in [6.07, 6.45) is 1.53. The van der Waals surface area contributed by atoms with Crippen LogP contribution in [0.25, 0.3) is 0 Å². The first-order valence-corrected chi connectivity index (χ1v) is 5.87. The fourth-order valence-corrected chi connectivity index (χ4v) is 2.01. The van der Waals surface area contributed by atoms with Gasteiger partial charge in [-0.25, -0.2) is 0 Å². The highest BCUT2D eigenvalue weighted by Crippen LogP contribution is 2.26. The van der Waals surface area contributed by atoms with E-state index < -0.39 is 0 Å². The Morgan fingerprint density at radius 1 is 1.56 bits per heavy atom. The Hall–Kier alpha value is -1.53. The molecule has 0 spiro atoms. The largest absolute Gasteiger partial charge is 0.366 e. The summed E-state index contributed by atoms with van der Waals surface area (Å²) in [5, 5.41) is 14.1. The Balaban J connectivity index is 2.18. The second kappa shape index (κ2) is 4.62. The molecule has 1 fully saturated rings. The number of hydrogen-bond donors (Lipinski definition) is 1. The van der Waals surface area contributed by atoms with E-state index in [1.54, 1.807) is 13.8 Å². The lowest BCUT2D eigenvalue weighted by molar-refractivity contribution is -0.386. The van der Waals surface area contributed by atoms with Crippen molar-refractivity contribution in [2.24, 2.45) is 0 Å². The van der Waals surface area contributed by atoms with Crippen LogP contribution in [0, 0.1) is 24.0 Å². The van der Waals surface area contributed by atoms with E-state index in [2.05, 4.69) is 10.3 Å². The van der Waals surface area contributed by atoms with Gasteiger partial charge in [0.25, 0.3) is 5.69 Å². The van der Waals surface area contributed by atoms with E-state index in [0.717, 1.165) is 13.1 Å². The van der Waals surface area contributed by atoms with Crippen molar-refractivity contribution in [1.82, 2.24) is 10.3 Å². The summed E-state index contributed by atoms with van der Waals surface area (Å²) in [6, 6.07) is 0. The first-order chi connectivity index (χ1) is 8.43. The van der Waals surface area contributed by atoms with Crippen molar-refractivity contribution in [1.29, 1.82) is 0 Å². The van der Waals surface area contributed by atoms with Gasteiger partial charge in [-0.1, -0.05) is 0 Å². The SMILES string of the molecule is Cc1cnc(COC2(C)CNC2)c(C)c1[N+](=O)[O-]. The van der Waals surface area contributed by atoms with Crippen molar-refractivity contribution in [3.05, 3.63) is 33.1 Å². The maximum atomic E-state index is 11.0. The molecule has 2 rings (SSSR count). The third kappa shape index (κ3) is 2.34. The molecule has 0 bridgehead atoms. The summed E-state index contributed by atoms with van der Waals surface area (Å²) in [6.45, 7) is 7.35. The molecular formula is C12H17N3O3. The van der Waals surface area contributed by atoms with Crippen molar-refractivity contribution in [2.45, 2.75) is 33.0 Å². The lowest BCUT2D eigenvalue weighted by Gasteiger charge is -2.39. The molecule has 0 aliphatic carbocycles. The van der Waals surface area contributed by atoms with Gasteiger partial charge in [-0.2, -0.15) is 0 Å². The van der Waals surface area contributed by atoms with Gasteiger partial charge >= 0.3 is 0 Å². The Bertz CT molecular complexity index is 484. The van der Waals surface area contributed by atoms with Crippen molar-refractivity contribution in [3.63, 3.8) is 0 Å². The highest BCUT2D eigenvalue weighted by Gasteiger charge is 2.33. The van der Waals surface area contributed by atoms with Gasteiger partial charge in [0.15, 0.2) is 0 Å². The minimum absolute atomic E-state index is 0.139. The summed E-state index contributed by atoms with van der Waals surface area (Å²) >= 11 is 0. The van der Waals surface area contributed by atoms with Crippen LogP contribution in [0.4, 0.5) is 5.69 Å². The number of nitrogens with zero attached hydrogens (tertiary/aromatic N) is 2. The molecule has 98 valence electrons. The summed E-state index contributed by atoms with van der Waals surface area (Å²) in [5.74, 6) is 0. The first-order valence-electron chi connectivity index (χ1n) is 5.87. The van der Waals surface area contributed by atoms with Crippen LogP contribution in [0.3, 0.4) is 0 Å². The molecule has 0 amide bonds. The van der Waals surface area contributed by atoms with Crippen LogP contribution in [0.15, 0.2) is 6.20 Å². The van der Waals surface area contributed by atoms with E-state index in [-0.39, 0.29) is 16.2 Å². The zero-order valence-electron chi connectivity index (χ0n) is 10.8. The third-order valence-electron chi connectivity index (χ3n) is 3.31. The van der Waals surface area contributed by atoms with Crippen molar-refractivity contribution in [3.8, 4) is 0 Å². The van der Waals surface area contributed by atoms with Crippen LogP contribution < -0.4 is 5.32 Å². The molecule has 1 saturated heterocycles. The molecule has 0 atom stereocenters. The fourth-order valence-electron chi connectivity index (χ4n) is 2.01. The van der Waals surface area contributed by atoms with E-state index >= 15 is 0 Å². The summed E-state index contributed by atoms with van der Waals surface area (Å²) < 4.78 is 5.76. The maximum absolute atomic E-state index is 11.0. The Morgan fingerprint density at radius 3 is 2.72 bits per heavy atom. The lowest BCUT2D eigenvalue weighted by atomic mass is 10.00. The number of nitro groups is 1. The molecule has 18 heavy (non-hydrogen) atoms. The van der Waals surface area contributed by atoms with E-state index in [0.29, 0.717) is 23.4 Å². The van der Waals surface area contributed by atoms with Crippen LogP contribution in [0.1, 0.15) is 23.7 Å². The summed E-state index contributed by atoms with van der Waals surface area (Å²) in [7, 11) is 0. The van der Waals surface area contributed by atoms with Crippen LogP contribution in [0.2, 0.25) is 0 Å². The van der Waals surface area contributed by atoms with Crippen LogP contribution in [0.5, 0.6) is 0 Å². The van der Waals surface area contributed by atoms with Crippen LogP contribution in [-0.4, -0.2) is 28.6 Å². The van der Waals surface area contributed by atoms with Gasteiger partial charge in [-0.15, -0.1) is 0 Å². The Morgan fingerprint density at radius 2 is 2.22 bits per heavy atom. The van der Waals surface area contributed by atoms with Gasteiger partial charge in [0.2, 0.25) is 0 Å². The van der Waals surface area contributed by atoms with Crippen LogP contribution >= 0.6 is 0 Å². The zero-order chi connectivity index (χ0) is 13.3. The molecule has 0 aromatic carbocycles. The number of nitrogens with one attached hydrogen (secondary N) is 1.